The van der Waals surface area contributed by atoms with Crippen molar-refractivity contribution in [2.45, 2.75) is 39.0 Å². The van der Waals surface area contributed by atoms with E-state index < -0.39 is 14.6 Å². The van der Waals surface area contributed by atoms with Crippen molar-refractivity contribution in [3.63, 3.8) is 0 Å². The molecule has 0 radical (unpaired) electrons. The third-order valence-electron chi connectivity index (χ3n) is 4.11. The first-order chi connectivity index (χ1) is 12.6. The van der Waals surface area contributed by atoms with Gasteiger partial charge in [0.25, 0.3) is 0 Å². The van der Waals surface area contributed by atoms with Gasteiger partial charge < -0.3 is 15.1 Å². The lowest BCUT2D eigenvalue weighted by atomic mass is 10.1. The predicted octanol–water partition coefficient (Wildman–Crippen LogP) is 2.53. The molecule has 1 aromatic heterocycles. The van der Waals surface area contributed by atoms with E-state index in [0.717, 1.165) is 11.3 Å². The van der Waals surface area contributed by atoms with Gasteiger partial charge in [0.2, 0.25) is 5.89 Å². The van der Waals surface area contributed by atoms with Gasteiger partial charge in [-0.25, -0.2) is 13.4 Å². The summed E-state index contributed by atoms with van der Waals surface area (Å²) >= 11 is 0. The second kappa shape index (κ2) is 8.56. The number of aryl methyl sites for hydroxylation is 1. The van der Waals surface area contributed by atoms with Crippen LogP contribution in [0.1, 0.15) is 32.0 Å². The zero-order valence-electron chi connectivity index (χ0n) is 16.5. The van der Waals surface area contributed by atoms with Crippen molar-refractivity contribution in [3.8, 4) is 11.5 Å². The Morgan fingerprint density at radius 3 is 2.44 bits per heavy atom. The van der Waals surface area contributed by atoms with Crippen LogP contribution in [0.3, 0.4) is 0 Å². The molecule has 2 aromatic rings. The van der Waals surface area contributed by atoms with Gasteiger partial charge in [-0.15, -0.1) is 0 Å². The molecule has 0 atom stereocenters. The monoisotopic (exact) mass is 392 g/mol. The zero-order chi connectivity index (χ0) is 20.1. The van der Waals surface area contributed by atoms with Gasteiger partial charge in [-0.05, 0) is 39.8 Å². The number of aromatic nitrogens is 1. The highest BCUT2D eigenvalue weighted by molar-refractivity contribution is 7.92. The summed E-state index contributed by atoms with van der Waals surface area (Å²) in [4.78, 5) is 8.56. The Morgan fingerprint density at radius 1 is 1.19 bits per heavy atom. The fraction of sp³-hybridized carbons (Fsp3) is 0.474. The molecule has 2 rings (SSSR count). The maximum absolute atomic E-state index is 12.1. The zero-order valence-corrected chi connectivity index (χ0v) is 17.4. The molecule has 0 spiro atoms. The summed E-state index contributed by atoms with van der Waals surface area (Å²) in [5, 5.41) is 6.12. The number of nitrogens with zero attached hydrogens (tertiary/aromatic N) is 2. The van der Waals surface area contributed by atoms with E-state index in [1.807, 2.05) is 31.2 Å². The third-order valence-corrected chi connectivity index (χ3v) is 6.71. The van der Waals surface area contributed by atoms with Crippen LogP contribution in [0, 0.1) is 6.92 Å². The quantitative estimate of drug-likeness (QED) is 0.579. The fourth-order valence-electron chi connectivity index (χ4n) is 2.22. The topological polar surface area (TPSA) is 96.6 Å². The smallest absolute Gasteiger partial charge is 0.226 e. The highest BCUT2D eigenvalue weighted by Gasteiger charge is 2.28. The van der Waals surface area contributed by atoms with Gasteiger partial charge in [0.1, 0.15) is 6.26 Å². The number of guanidine groups is 1. The van der Waals surface area contributed by atoms with Crippen LogP contribution in [0.25, 0.3) is 11.5 Å². The summed E-state index contributed by atoms with van der Waals surface area (Å²) in [7, 11) is -1.54. The molecular formula is C19H28N4O3S. The average molecular weight is 393 g/mol. The van der Waals surface area contributed by atoms with Gasteiger partial charge in [0, 0.05) is 19.2 Å². The maximum atomic E-state index is 12.1. The van der Waals surface area contributed by atoms with Crippen molar-refractivity contribution in [1.29, 1.82) is 0 Å². The van der Waals surface area contributed by atoms with Crippen LogP contribution >= 0.6 is 0 Å². The summed E-state index contributed by atoms with van der Waals surface area (Å²) in [5.41, 5.74) is 2.83. The van der Waals surface area contributed by atoms with E-state index in [1.165, 1.54) is 5.56 Å². The molecule has 0 bridgehead atoms. The molecule has 148 valence electrons. The van der Waals surface area contributed by atoms with Crippen LogP contribution in [0.4, 0.5) is 0 Å². The van der Waals surface area contributed by atoms with E-state index in [-0.39, 0.29) is 12.3 Å². The summed E-state index contributed by atoms with van der Waals surface area (Å²) in [6, 6.07) is 7.95. The number of rotatable bonds is 6. The largest absolute Gasteiger partial charge is 0.444 e. The lowest BCUT2D eigenvalue weighted by Crippen LogP contribution is -2.41. The number of aliphatic imine (C=N–C) groups is 1. The van der Waals surface area contributed by atoms with Crippen molar-refractivity contribution in [1.82, 2.24) is 15.6 Å². The Bertz CT molecular complexity index is 878. The third kappa shape index (κ3) is 5.82. The Morgan fingerprint density at radius 2 is 1.85 bits per heavy atom. The second-order valence-electron chi connectivity index (χ2n) is 7.29. The molecule has 2 N–H and O–H groups in total. The van der Waals surface area contributed by atoms with Crippen LogP contribution < -0.4 is 10.6 Å². The van der Waals surface area contributed by atoms with Crippen molar-refractivity contribution in [3.05, 3.63) is 41.8 Å². The number of benzene rings is 1. The first-order valence-corrected chi connectivity index (χ1v) is 10.5. The Balaban J connectivity index is 1.87. The molecule has 0 saturated carbocycles. The first kappa shape index (κ1) is 21.0. The second-order valence-corrected chi connectivity index (χ2v) is 10.2. The van der Waals surface area contributed by atoms with Crippen molar-refractivity contribution in [2.75, 3.05) is 19.3 Å². The van der Waals surface area contributed by atoms with Crippen LogP contribution in [0.15, 0.2) is 39.9 Å². The highest BCUT2D eigenvalue weighted by atomic mass is 32.2. The van der Waals surface area contributed by atoms with E-state index >= 15 is 0 Å². The van der Waals surface area contributed by atoms with Crippen molar-refractivity contribution in [2.24, 2.45) is 4.99 Å². The minimum absolute atomic E-state index is 0.0404. The standard InChI is InChI=1S/C19H28N4O3S/c1-14-6-8-15(9-7-14)17-23-16(13-26-17)12-22-18(20-5)21-10-11-27(24,25)19(2,3)4/h6-9,13H,10-12H2,1-5H3,(H2,20,21,22). The minimum Gasteiger partial charge on any atom is -0.444 e. The Labute approximate surface area is 161 Å². The van der Waals surface area contributed by atoms with Crippen LogP contribution in [-0.2, 0) is 16.4 Å². The molecule has 0 fully saturated rings. The molecule has 0 saturated heterocycles. The molecule has 27 heavy (non-hydrogen) atoms. The van der Waals surface area contributed by atoms with Gasteiger partial charge in [-0.3, -0.25) is 4.99 Å². The van der Waals surface area contributed by atoms with Gasteiger partial charge in [-0.2, -0.15) is 0 Å². The number of hydrogen-bond acceptors (Lipinski definition) is 5. The molecule has 7 nitrogen and oxygen atoms in total. The van der Waals surface area contributed by atoms with E-state index in [1.54, 1.807) is 34.1 Å². The molecule has 1 heterocycles. The summed E-state index contributed by atoms with van der Waals surface area (Å²) < 4.78 is 29.0. The van der Waals surface area contributed by atoms with E-state index in [9.17, 15) is 8.42 Å². The van der Waals surface area contributed by atoms with Gasteiger partial charge >= 0.3 is 0 Å². The fourth-order valence-corrected chi connectivity index (χ4v) is 3.20. The molecule has 0 amide bonds. The summed E-state index contributed by atoms with van der Waals surface area (Å²) in [6.07, 6.45) is 1.60. The number of oxazole rings is 1. The lowest BCUT2D eigenvalue weighted by Gasteiger charge is -2.19. The number of nitrogens with one attached hydrogen (secondary N) is 2. The molecule has 0 unspecified atom stereocenters. The molecule has 0 aliphatic carbocycles. The van der Waals surface area contributed by atoms with E-state index in [2.05, 4.69) is 20.6 Å². The first-order valence-electron chi connectivity index (χ1n) is 8.80. The Kier molecular flexibility index (Phi) is 6.64. The average Bonchev–Trinajstić information content (AvgIpc) is 3.06. The SMILES string of the molecule is CN=C(NCCS(=O)(=O)C(C)(C)C)NCc1coc(-c2ccc(C)cc2)n1. The number of sulfone groups is 1. The minimum atomic E-state index is -3.17. The molecular weight excluding hydrogens is 364 g/mol. The van der Waals surface area contributed by atoms with Crippen LogP contribution in [0.5, 0.6) is 0 Å². The maximum Gasteiger partial charge on any atom is 0.226 e. The molecule has 8 heteroatoms. The Hall–Kier alpha value is -2.35. The van der Waals surface area contributed by atoms with E-state index in [4.69, 9.17) is 4.42 Å². The van der Waals surface area contributed by atoms with Crippen LogP contribution in [-0.4, -0.2) is 43.5 Å². The summed E-state index contributed by atoms with van der Waals surface area (Å²) in [5.74, 6) is 1.11. The molecule has 0 aliphatic rings. The number of hydrogen-bond donors (Lipinski definition) is 2. The normalized spacial score (nSPS) is 12.9. The van der Waals surface area contributed by atoms with Crippen molar-refractivity contribution >= 4 is 15.8 Å². The van der Waals surface area contributed by atoms with Gasteiger partial charge in [0.15, 0.2) is 15.8 Å². The molecule has 0 aliphatic heterocycles. The van der Waals surface area contributed by atoms with Gasteiger partial charge in [0.05, 0.1) is 22.7 Å². The van der Waals surface area contributed by atoms with Crippen molar-refractivity contribution < 1.29 is 12.8 Å². The summed E-state index contributed by atoms with van der Waals surface area (Å²) in [6.45, 7) is 7.83. The van der Waals surface area contributed by atoms with E-state index in [0.29, 0.717) is 18.4 Å². The van der Waals surface area contributed by atoms with Crippen LogP contribution in [0.2, 0.25) is 0 Å². The predicted molar refractivity (Wildman–Crippen MR) is 108 cm³/mol. The lowest BCUT2D eigenvalue weighted by molar-refractivity contribution is 0.559. The highest BCUT2D eigenvalue weighted by Crippen LogP contribution is 2.19. The molecule has 1 aromatic carbocycles. The van der Waals surface area contributed by atoms with Gasteiger partial charge in [-0.1, -0.05) is 17.7 Å².